The Balaban J connectivity index is 2.18. The van der Waals surface area contributed by atoms with Gasteiger partial charge >= 0.3 is 0 Å². The summed E-state index contributed by atoms with van der Waals surface area (Å²) in [6.07, 6.45) is 61.2. The number of carbonyl (C=O) groups excluding carboxylic acids is 2. The van der Waals surface area contributed by atoms with Crippen LogP contribution in [-0.2, 0) is 0 Å². The van der Waals surface area contributed by atoms with Gasteiger partial charge in [-0.3, -0.25) is 9.59 Å². The minimum absolute atomic E-state index is 0.237. The van der Waals surface area contributed by atoms with E-state index in [0.717, 1.165) is 116 Å². The van der Waals surface area contributed by atoms with Crippen molar-refractivity contribution in [2.45, 2.75) is 364 Å². The van der Waals surface area contributed by atoms with Gasteiger partial charge in [-0.1, -0.05) is 312 Å². The number of carbonyl (C=O) groups is 2. The quantitative estimate of drug-likeness (QED) is 0.0317. The summed E-state index contributed by atoms with van der Waals surface area (Å²) in [5, 5.41) is 6.97. The summed E-state index contributed by atoms with van der Waals surface area (Å²) >= 11 is 0. The van der Waals surface area contributed by atoms with Crippen molar-refractivity contribution in [3.8, 4) is 46.0 Å². The summed E-state index contributed by atoms with van der Waals surface area (Å²) in [5.41, 5.74) is 2.09. The van der Waals surface area contributed by atoms with Crippen LogP contribution < -0.4 is 48.5 Å². The summed E-state index contributed by atoms with van der Waals surface area (Å²) < 4.78 is 52.7. The van der Waals surface area contributed by atoms with E-state index in [1.54, 1.807) is 24.6 Å². The highest BCUT2D eigenvalue weighted by Crippen LogP contribution is 2.41. The summed E-state index contributed by atoms with van der Waals surface area (Å²) in [4.78, 5) is 29.8. The van der Waals surface area contributed by atoms with Crippen molar-refractivity contribution in [3.05, 3.63) is 72.1 Å². The fourth-order valence-electron chi connectivity index (χ4n) is 12.3. The number of benzene rings is 3. The van der Waals surface area contributed by atoms with Gasteiger partial charge in [-0.25, -0.2) is 0 Å². The lowest BCUT2D eigenvalue weighted by atomic mass is 10.1. The number of ether oxygens (including phenoxy) is 8. The Hall–Kier alpha value is -5.52. The lowest BCUT2D eigenvalue weighted by Gasteiger charge is -2.18. The van der Waals surface area contributed by atoms with Crippen molar-refractivity contribution in [2.75, 3.05) is 63.5 Å². The third-order valence-electron chi connectivity index (χ3n) is 18.7. The van der Waals surface area contributed by atoms with Crippen molar-refractivity contribution in [2.24, 2.45) is 0 Å². The van der Waals surface area contributed by atoms with Gasteiger partial charge in [0.25, 0.3) is 0 Å². The lowest BCUT2D eigenvalue weighted by molar-refractivity contribution is 0.103. The molecule has 0 bridgehead atoms. The van der Waals surface area contributed by atoms with Gasteiger partial charge in [0.2, 0.25) is 0 Å². The number of hydrogen-bond donors (Lipinski definition) is 2. The average molecular weight is 1390 g/mol. The second-order valence-electron chi connectivity index (χ2n) is 28.0. The molecule has 0 amide bonds. The monoisotopic (exact) mass is 1390 g/mol. The molecule has 0 aliphatic rings. The van der Waals surface area contributed by atoms with E-state index in [9.17, 15) is 9.59 Å². The third-order valence-corrected chi connectivity index (χ3v) is 18.7. The maximum atomic E-state index is 14.9. The van der Waals surface area contributed by atoms with Gasteiger partial charge in [0, 0.05) is 48.8 Å². The third kappa shape index (κ3) is 42.8. The first-order chi connectivity index (χ1) is 49.3. The first-order valence-electron chi connectivity index (χ1n) is 41.8. The van der Waals surface area contributed by atoms with Crippen molar-refractivity contribution >= 4 is 22.9 Å². The summed E-state index contributed by atoms with van der Waals surface area (Å²) in [6.45, 7) is 22.2. The smallest absolute Gasteiger partial charge is 0.191 e. The van der Waals surface area contributed by atoms with Gasteiger partial charge in [0.1, 0.15) is 11.5 Å². The van der Waals surface area contributed by atoms with Gasteiger partial charge in [-0.05, 0) is 63.5 Å². The fraction of sp³-hybridized carbons (Fsp3) is 0.727. The molecule has 570 valence electrons. The first-order valence-corrected chi connectivity index (χ1v) is 41.8. The number of rotatable bonds is 72. The molecule has 3 aromatic rings. The van der Waals surface area contributed by atoms with Gasteiger partial charge in [0.15, 0.2) is 46.1 Å². The van der Waals surface area contributed by atoms with Crippen LogP contribution in [0.15, 0.2) is 61.0 Å². The molecule has 0 heterocycles. The van der Waals surface area contributed by atoms with Crippen molar-refractivity contribution in [1.29, 1.82) is 0 Å². The summed E-state index contributed by atoms with van der Waals surface area (Å²) in [6, 6.07) is 11.4. The molecule has 0 saturated carbocycles. The van der Waals surface area contributed by atoms with Crippen LogP contribution in [0.25, 0.3) is 0 Å². The van der Waals surface area contributed by atoms with Crippen LogP contribution >= 0.6 is 0 Å². The molecule has 0 fully saturated rings. The van der Waals surface area contributed by atoms with E-state index in [4.69, 9.17) is 37.9 Å². The molecule has 0 atom stereocenters. The molecule has 12 nitrogen and oxygen atoms in total. The van der Waals surface area contributed by atoms with Crippen molar-refractivity contribution in [1.82, 2.24) is 0 Å². The molecule has 2 N–H and O–H groups in total. The zero-order valence-electron chi connectivity index (χ0n) is 65.5. The fourth-order valence-corrected chi connectivity index (χ4v) is 12.3. The zero-order chi connectivity index (χ0) is 71.8. The standard InChI is InChI=1S/C88H148N2O10/c1-9-17-25-33-41-49-61-93-81-73-87(99-67-55-47-39-31-23-15-7)83(95-63-51-43-35-27-19-11-3)69-75(81)79(91)57-59-89-77-71-85(97-65-53-45-37-29-21-13-5)86(98-66-54-46-38-30-22-14-6)72-78(77)90-60-58-80(92)76-70-84(96-64-52-44-36-28-20-12-4)88(100-68-56-48-40-32-24-16-8)74-82(76)94-62-50-42-34-26-18-10-2/h57-60,69-74,89-90H,9-56,61-68H2,1-8H3/b59-57+,60-58+. The lowest BCUT2D eigenvalue weighted by Crippen LogP contribution is -2.09. The molecule has 3 rings (SSSR count). The first kappa shape index (κ1) is 88.7. The molecule has 0 aliphatic carbocycles. The largest absolute Gasteiger partial charge is 0.493 e. The number of nitrogens with one attached hydrogen (secondary N) is 2. The van der Waals surface area contributed by atoms with Gasteiger partial charge in [0.05, 0.1) is 75.4 Å². The average Bonchev–Trinajstić information content (AvgIpc) is 0.835. The van der Waals surface area contributed by atoms with E-state index in [1.807, 2.05) is 36.4 Å². The Labute approximate surface area is 612 Å². The van der Waals surface area contributed by atoms with Crippen LogP contribution in [-0.4, -0.2) is 64.4 Å². The van der Waals surface area contributed by atoms with E-state index >= 15 is 0 Å². The maximum absolute atomic E-state index is 14.9. The highest BCUT2D eigenvalue weighted by atomic mass is 16.5. The molecule has 0 radical (unpaired) electrons. The van der Waals surface area contributed by atoms with Gasteiger partial charge in [-0.15, -0.1) is 0 Å². The topological polar surface area (TPSA) is 132 Å². The minimum atomic E-state index is -0.237. The molecule has 3 aromatic carbocycles. The van der Waals surface area contributed by atoms with Gasteiger partial charge < -0.3 is 48.5 Å². The minimum Gasteiger partial charge on any atom is -0.493 e. The second-order valence-corrected chi connectivity index (χ2v) is 28.0. The van der Waals surface area contributed by atoms with Crippen molar-refractivity contribution < 1.29 is 47.5 Å². The highest BCUT2D eigenvalue weighted by Gasteiger charge is 2.21. The number of ketones is 2. The van der Waals surface area contributed by atoms with Crippen LogP contribution in [0, 0.1) is 0 Å². The number of allylic oxidation sites excluding steroid dienone is 2. The normalized spacial score (nSPS) is 11.4. The molecular formula is C88H148N2O10. The Kier molecular flexibility index (Phi) is 56.0. The highest BCUT2D eigenvalue weighted by molar-refractivity contribution is 6.08. The van der Waals surface area contributed by atoms with E-state index < -0.39 is 0 Å². The number of anilines is 2. The Bertz CT molecular complexity index is 2360. The summed E-state index contributed by atoms with van der Waals surface area (Å²) in [7, 11) is 0. The molecule has 0 spiro atoms. The molecular weight excluding hydrogens is 1240 g/mol. The van der Waals surface area contributed by atoms with Crippen LogP contribution in [0.1, 0.15) is 384 Å². The van der Waals surface area contributed by atoms with Crippen LogP contribution in [0.5, 0.6) is 46.0 Å². The number of unbranched alkanes of at least 4 members (excludes halogenated alkanes) is 40. The molecule has 0 unspecified atom stereocenters. The predicted molar refractivity (Wildman–Crippen MR) is 424 cm³/mol. The molecule has 0 saturated heterocycles. The Morgan fingerprint density at radius 3 is 0.610 bits per heavy atom. The Morgan fingerprint density at radius 2 is 0.400 bits per heavy atom. The van der Waals surface area contributed by atoms with Crippen molar-refractivity contribution in [3.63, 3.8) is 0 Å². The molecule has 0 aliphatic heterocycles. The van der Waals surface area contributed by atoms with E-state index in [1.165, 1.54) is 193 Å². The zero-order valence-corrected chi connectivity index (χ0v) is 65.5. The van der Waals surface area contributed by atoms with Crippen LogP contribution in [0.2, 0.25) is 0 Å². The van der Waals surface area contributed by atoms with E-state index in [0.29, 0.717) is 121 Å². The summed E-state index contributed by atoms with van der Waals surface area (Å²) in [5.74, 6) is 4.09. The maximum Gasteiger partial charge on any atom is 0.191 e. The van der Waals surface area contributed by atoms with Crippen LogP contribution in [0.4, 0.5) is 11.4 Å². The van der Waals surface area contributed by atoms with Crippen LogP contribution in [0.3, 0.4) is 0 Å². The molecule has 100 heavy (non-hydrogen) atoms. The predicted octanol–water partition coefficient (Wildman–Crippen LogP) is 27.2. The SMILES string of the molecule is CCCCCCCCOc1cc(N/C=C/C(=O)c2cc(OCCCCCCCC)c(OCCCCCCCC)cc2OCCCCCCCC)c(N/C=C/C(=O)c2cc(OCCCCCCCC)c(OCCCCCCCC)cc2OCCCCCCCC)cc1OCCCCCCCC. The molecule has 0 aromatic heterocycles. The number of hydrogen-bond acceptors (Lipinski definition) is 12. The molecule has 12 heteroatoms. The van der Waals surface area contributed by atoms with Gasteiger partial charge in [-0.2, -0.15) is 0 Å². The Morgan fingerprint density at radius 1 is 0.230 bits per heavy atom. The van der Waals surface area contributed by atoms with E-state index in [2.05, 4.69) is 66.0 Å². The van der Waals surface area contributed by atoms with E-state index in [-0.39, 0.29) is 11.6 Å². The second kappa shape index (κ2) is 63.2.